The van der Waals surface area contributed by atoms with Crippen LogP contribution in [0.15, 0.2) is 36.4 Å². The summed E-state index contributed by atoms with van der Waals surface area (Å²) in [6.45, 7) is 4.36. The minimum absolute atomic E-state index is 0.0567. The first kappa shape index (κ1) is 30.8. The Morgan fingerprint density at radius 2 is 1.95 bits per heavy atom. The predicted molar refractivity (Wildman–Crippen MR) is 159 cm³/mol. The Morgan fingerprint density at radius 3 is 2.73 bits per heavy atom. The number of fused-ring (bicyclic) bond motifs is 5. The maximum atomic E-state index is 14.6. The number of halogens is 1. The lowest BCUT2D eigenvalue weighted by atomic mass is 10.0. The molecule has 4 bridgehead atoms. The molecule has 2 aliphatic rings. The molecule has 1 aromatic heterocycles. The summed E-state index contributed by atoms with van der Waals surface area (Å²) in [5, 5.41) is 13.1. The van der Waals surface area contributed by atoms with Crippen LogP contribution in [-0.2, 0) is 33.8 Å². The molecule has 0 unspecified atom stereocenters. The van der Waals surface area contributed by atoms with Crippen molar-refractivity contribution in [2.45, 2.75) is 64.6 Å². The average molecular weight is 608 g/mol. The van der Waals surface area contributed by atoms with Gasteiger partial charge in [0.15, 0.2) is 18.1 Å². The molecule has 0 aliphatic carbocycles. The van der Waals surface area contributed by atoms with Crippen molar-refractivity contribution in [2.24, 2.45) is 0 Å². The third kappa shape index (κ3) is 7.66. The number of H-pyrrole nitrogens is 1. The summed E-state index contributed by atoms with van der Waals surface area (Å²) < 4.78 is 32.1. The second-order valence-corrected chi connectivity index (χ2v) is 11.2. The molecule has 3 heterocycles. The van der Waals surface area contributed by atoms with E-state index in [4.69, 9.17) is 14.2 Å². The van der Waals surface area contributed by atoms with Crippen LogP contribution < -0.4 is 24.8 Å². The number of nitrogens with zero attached hydrogens (tertiary/aromatic N) is 2. The van der Waals surface area contributed by atoms with Gasteiger partial charge in [0, 0.05) is 57.1 Å². The standard InChI is InChI=1S/C32H38FN5O6/c1-19-20(2)36-37-25(19)6-9-32(41)38-11-10-27-26(17-38)35-31(40)18-43-29-14-21(4-7-28(29)42-3)5-8-30(39)34-16-22-12-23(33)15-24(13-22)44-27/h4,7,12-15,26-27H,5-6,8-11,16-18H2,1-3H3,(H,34,39)(H,35,40)(H,36,37)/t26-,27-/m1/s1. The van der Waals surface area contributed by atoms with Gasteiger partial charge in [0.1, 0.15) is 17.7 Å². The number of aromatic nitrogens is 2. The van der Waals surface area contributed by atoms with E-state index >= 15 is 0 Å². The van der Waals surface area contributed by atoms with Gasteiger partial charge in [-0.25, -0.2) is 4.39 Å². The fourth-order valence-electron chi connectivity index (χ4n) is 5.49. The zero-order chi connectivity index (χ0) is 31.2. The van der Waals surface area contributed by atoms with Gasteiger partial charge in [-0.05, 0) is 61.2 Å². The third-order valence-electron chi connectivity index (χ3n) is 8.11. The Morgan fingerprint density at radius 1 is 1.11 bits per heavy atom. The maximum Gasteiger partial charge on any atom is 0.258 e. The van der Waals surface area contributed by atoms with E-state index in [0.717, 1.165) is 22.5 Å². The Labute approximate surface area is 255 Å². The normalized spacial score (nSPS) is 19.3. The molecular formula is C32H38FN5O6. The van der Waals surface area contributed by atoms with E-state index in [0.29, 0.717) is 42.9 Å². The van der Waals surface area contributed by atoms with Crippen LogP contribution in [0.4, 0.5) is 4.39 Å². The first-order chi connectivity index (χ1) is 21.2. The molecule has 0 spiro atoms. The van der Waals surface area contributed by atoms with Crippen LogP contribution in [0, 0.1) is 19.7 Å². The highest BCUT2D eigenvalue weighted by Gasteiger charge is 2.34. The molecule has 12 heteroatoms. The smallest absolute Gasteiger partial charge is 0.258 e. The number of carbonyl (C=O) groups is 3. The number of likely N-dealkylation sites (tertiary alicyclic amines) is 1. The van der Waals surface area contributed by atoms with E-state index < -0.39 is 23.9 Å². The highest BCUT2D eigenvalue weighted by molar-refractivity contribution is 5.79. The fourth-order valence-corrected chi connectivity index (χ4v) is 5.49. The molecule has 0 radical (unpaired) electrons. The van der Waals surface area contributed by atoms with Crippen LogP contribution in [0.1, 0.15) is 47.3 Å². The molecule has 2 aliphatic heterocycles. The van der Waals surface area contributed by atoms with E-state index in [2.05, 4.69) is 20.8 Å². The second-order valence-electron chi connectivity index (χ2n) is 11.2. The third-order valence-corrected chi connectivity index (χ3v) is 8.11. The van der Waals surface area contributed by atoms with Gasteiger partial charge < -0.3 is 29.7 Å². The van der Waals surface area contributed by atoms with Crippen LogP contribution in [-0.4, -0.2) is 71.8 Å². The maximum absolute atomic E-state index is 14.6. The van der Waals surface area contributed by atoms with E-state index in [9.17, 15) is 18.8 Å². The summed E-state index contributed by atoms with van der Waals surface area (Å²) in [5.74, 6) is -0.0438. The molecule has 5 rings (SSSR count). The van der Waals surface area contributed by atoms with Crippen LogP contribution in [0.2, 0.25) is 0 Å². The minimum atomic E-state index is -0.586. The predicted octanol–water partition coefficient (Wildman–Crippen LogP) is 2.91. The molecule has 44 heavy (non-hydrogen) atoms. The topological polar surface area (TPSA) is 135 Å². The van der Waals surface area contributed by atoms with Crippen molar-refractivity contribution in [2.75, 3.05) is 26.8 Å². The van der Waals surface area contributed by atoms with Gasteiger partial charge in [0.2, 0.25) is 11.8 Å². The lowest BCUT2D eigenvalue weighted by Crippen LogP contribution is -2.58. The quantitative estimate of drug-likeness (QED) is 0.415. The van der Waals surface area contributed by atoms with Crippen molar-refractivity contribution >= 4 is 17.7 Å². The molecule has 1 saturated heterocycles. The number of rotatable bonds is 4. The van der Waals surface area contributed by atoms with Gasteiger partial charge in [-0.2, -0.15) is 5.10 Å². The van der Waals surface area contributed by atoms with Crippen molar-refractivity contribution in [3.8, 4) is 17.2 Å². The zero-order valence-electron chi connectivity index (χ0n) is 25.2. The molecule has 2 atom stereocenters. The van der Waals surface area contributed by atoms with E-state index in [-0.39, 0.29) is 50.1 Å². The summed E-state index contributed by atoms with van der Waals surface area (Å²) in [5.41, 5.74) is 4.25. The Balaban J connectivity index is 1.36. The van der Waals surface area contributed by atoms with Crippen LogP contribution in [0.3, 0.4) is 0 Å². The molecule has 3 aromatic rings. The number of hydrogen-bond donors (Lipinski definition) is 3. The summed E-state index contributed by atoms with van der Waals surface area (Å²) in [4.78, 5) is 40.7. The van der Waals surface area contributed by atoms with Crippen molar-refractivity contribution in [3.05, 3.63) is 70.3 Å². The number of aryl methyl sites for hydroxylation is 3. The van der Waals surface area contributed by atoms with Gasteiger partial charge in [0.05, 0.1) is 18.8 Å². The summed E-state index contributed by atoms with van der Waals surface area (Å²) in [6.07, 6.45) is 1.29. The number of hydrogen-bond acceptors (Lipinski definition) is 7. The van der Waals surface area contributed by atoms with Gasteiger partial charge in [0.25, 0.3) is 5.91 Å². The van der Waals surface area contributed by atoms with Crippen molar-refractivity contribution in [3.63, 3.8) is 0 Å². The lowest BCUT2D eigenvalue weighted by Gasteiger charge is -2.39. The summed E-state index contributed by atoms with van der Waals surface area (Å²) >= 11 is 0. The van der Waals surface area contributed by atoms with Crippen molar-refractivity contribution in [1.82, 2.24) is 25.7 Å². The number of ether oxygens (including phenoxy) is 3. The first-order valence-electron chi connectivity index (χ1n) is 14.8. The Hall–Kier alpha value is -4.61. The summed E-state index contributed by atoms with van der Waals surface area (Å²) in [7, 11) is 1.51. The van der Waals surface area contributed by atoms with E-state index in [1.165, 1.54) is 19.2 Å². The fraction of sp³-hybridized carbons (Fsp3) is 0.438. The monoisotopic (exact) mass is 607 g/mol. The van der Waals surface area contributed by atoms with E-state index in [1.54, 1.807) is 23.1 Å². The molecule has 3 N–H and O–H groups in total. The average Bonchev–Trinajstić information content (AvgIpc) is 3.33. The summed E-state index contributed by atoms with van der Waals surface area (Å²) in [6, 6.07) is 9.02. The highest BCUT2D eigenvalue weighted by atomic mass is 19.1. The second kappa shape index (κ2) is 13.8. The van der Waals surface area contributed by atoms with Gasteiger partial charge in [-0.15, -0.1) is 0 Å². The van der Waals surface area contributed by atoms with Gasteiger partial charge >= 0.3 is 0 Å². The van der Waals surface area contributed by atoms with Crippen LogP contribution in [0.5, 0.6) is 17.2 Å². The minimum Gasteiger partial charge on any atom is -0.493 e. The highest BCUT2D eigenvalue weighted by Crippen LogP contribution is 2.29. The number of benzene rings is 2. The van der Waals surface area contributed by atoms with E-state index in [1.807, 2.05) is 19.9 Å². The molecule has 2 aromatic carbocycles. The van der Waals surface area contributed by atoms with Gasteiger partial charge in [-0.1, -0.05) is 6.07 Å². The van der Waals surface area contributed by atoms with Crippen molar-refractivity contribution < 1.29 is 33.0 Å². The van der Waals surface area contributed by atoms with Gasteiger partial charge in [-0.3, -0.25) is 19.5 Å². The Bertz CT molecular complexity index is 1520. The van der Waals surface area contributed by atoms with Crippen molar-refractivity contribution in [1.29, 1.82) is 0 Å². The molecule has 3 amide bonds. The van der Waals surface area contributed by atoms with Crippen LogP contribution >= 0.6 is 0 Å². The lowest BCUT2D eigenvalue weighted by molar-refractivity contribution is -0.135. The largest absolute Gasteiger partial charge is 0.493 e. The zero-order valence-corrected chi connectivity index (χ0v) is 25.2. The molecule has 11 nitrogen and oxygen atoms in total. The number of amides is 3. The molecule has 0 saturated carbocycles. The molecule has 1 fully saturated rings. The molecule has 234 valence electrons. The number of piperidine rings is 1. The number of methoxy groups -OCH3 is 1. The Kier molecular flexibility index (Phi) is 9.66. The number of aromatic amines is 1. The first-order valence-corrected chi connectivity index (χ1v) is 14.8. The molecular weight excluding hydrogens is 569 g/mol. The number of nitrogens with one attached hydrogen (secondary N) is 3. The number of carbonyl (C=O) groups excluding carboxylic acids is 3. The van der Waals surface area contributed by atoms with Crippen LogP contribution in [0.25, 0.3) is 0 Å². The SMILES string of the molecule is COc1ccc2cc1OCC(=O)N[C@@H]1CN(C(=O)CCc3n[nH]c(C)c3C)CC[C@H]1Oc1cc(F)cc(c1)CNC(=O)CC2.